The van der Waals surface area contributed by atoms with Crippen molar-refractivity contribution >= 4 is 34.9 Å². The molecule has 0 aliphatic carbocycles. The van der Waals surface area contributed by atoms with Gasteiger partial charge in [-0.25, -0.2) is 14.6 Å². The topological polar surface area (TPSA) is 132 Å². The van der Waals surface area contributed by atoms with Gasteiger partial charge >= 0.3 is 18.3 Å². The number of hydrogen-bond acceptors (Lipinski definition) is 8. The van der Waals surface area contributed by atoms with E-state index < -0.39 is 18.3 Å². The van der Waals surface area contributed by atoms with Gasteiger partial charge in [0.15, 0.2) is 0 Å². The first kappa shape index (κ1) is 30.0. The van der Waals surface area contributed by atoms with Crippen molar-refractivity contribution in [3.63, 3.8) is 0 Å². The second-order valence-corrected chi connectivity index (χ2v) is 10.1. The van der Waals surface area contributed by atoms with Gasteiger partial charge in [-0.3, -0.25) is 14.6 Å². The van der Waals surface area contributed by atoms with Gasteiger partial charge in [0.1, 0.15) is 10.8 Å². The van der Waals surface area contributed by atoms with Crippen molar-refractivity contribution in [3.8, 4) is 5.75 Å². The number of aromatic nitrogens is 1. The van der Waals surface area contributed by atoms with E-state index in [0.717, 1.165) is 43.4 Å². The number of aliphatic carboxylic acids is 2. The number of halogens is 3. The summed E-state index contributed by atoms with van der Waals surface area (Å²) in [6.45, 7) is 10.7. The largest absolute Gasteiger partial charge is 0.573 e. The number of nitrogens with zero attached hydrogens (tertiary/aromatic N) is 3. The maximum absolute atomic E-state index is 12.3. The molecule has 0 saturated carbocycles. The number of alkyl halides is 3. The van der Waals surface area contributed by atoms with Gasteiger partial charge in [0.2, 0.25) is 5.91 Å². The van der Waals surface area contributed by atoms with Crippen LogP contribution in [0.4, 0.5) is 18.9 Å². The minimum Gasteiger partial charge on any atom is -0.473 e. The molecule has 0 spiro atoms. The average molecular weight is 547 g/mol. The van der Waals surface area contributed by atoms with Gasteiger partial charge in [0.05, 0.1) is 18.8 Å². The lowest BCUT2D eigenvalue weighted by molar-refractivity contribution is -0.274. The Balaban J connectivity index is 0.000000717. The second-order valence-electron chi connectivity index (χ2n) is 9.16. The molecule has 37 heavy (non-hydrogen) atoms. The Morgan fingerprint density at radius 3 is 2.00 bits per heavy atom. The van der Waals surface area contributed by atoms with Crippen molar-refractivity contribution < 1.29 is 42.5 Å². The van der Waals surface area contributed by atoms with Crippen molar-refractivity contribution in [1.82, 2.24) is 14.8 Å². The van der Waals surface area contributed by atoms with E-state index >= 15 is 0 Å². The summed E-state index contributed by atoms with van der Waals surface area (Å²) in [6.07, 6.45) is -4.73. The third kappa shape index (κ3) is 11.1. The number of hydrogen-bond donors (Lipinski definition) is 3. The minimum absolute atomic E-state index is 0.0481. The molecule has 1 amide bonds. The van der Waals surface area contributed by atoms with Crippen LogP contribution in [0.3, 0.4) is 0 Å². The Bertz CT molecular complexity index is 1050. The number of rotatable bonds is 6. The molecule has 0 bridgehead atoms. The summed E-state index contributed by atoms with van der Waals surface area (Å²) in [5.74, 6) is -4.17. The first-order valence-corrected chi connectivity index (χ1v) is 12.0. The van der Waals surface area contributed by atoms with E-state index in [2.05, 4.69) is 46.0 Å². The number of carboxylic acid groups (broad SMARTS) is 2. The summed E-state index contributed by atoms with van der Waals surface area (Å²) >= 11 is 1.68. The molecule has 0 atom stereocenters. The number of piperazine rings is 1. The number of carbonyl (C=O) groups is 3. The molecule has 2 aromatic rings. The molecule has 1 aliphatic heterocycles. The lowest BCUT2D eigenvalue weighted by Gasteiger charge is -2.33. The summed E-state index contributed by atoms with van der Waals surface area (Å²) in [5, 5.41) is 20.7. The van der Waals surface area contributed by atoms with Crippen molar-refractivity contribution in [2.24, 2.45) is 0 Å². The normalized spacial score (nSPS) is 14.9. The summed E-state index contributed by atoms with van der Waals surface area (Å²) in [4.78, 5) is 39.6. The number of thiazole rings is 1. The fourth-order valence-electron chi connectivity index (χ4n) is 3.17. The van der Waals surface area contributed by atoms with Crippen LogP contribution in [0.15, 0.2) is 29.6 Å². The smallest absolute Gasteiger partial charge is 0.473 e. The van der Waals surface area contributed by atoms with E-state index in [0.29, 0.717) is 5.69 Å². The van der Waals surface area contributed by atoms with E-state index in [-0.39, 0.29) is 23.6 Å². The van der Waals surface area contributed by atoms with Gasteiger partial charge in [0.25, 0.3) is 0 Å². The van der Waals surface area contributed by atoms with E-state index in [1.807, 2.05) is 0 Å². The summed E-state index contributed by atoms with van der Waals surface area (Å²) in [5.41, 5.74) is 1.59. The molecule has 1 fully saturated rings. The molecule has 1 aromatic carbocycles. The first-order valence-electron chi connectivity index (χ1n) is 11.1. The highest BCUT2D eigenvalue weighted by molar-refractivity contribution is 7.09. The van der Waals surface area contributed by atoms with Crippen molar-refractivity contribution in [3.05, 3.63) is 40.3 Å². The number of ether oxygens (including phenoxy) is 1. The number of benzene rings is 1. The van der Waals surface area contributed by atoms with Gasteiger partial charge in [0, 0.05) is 42.7 Å². The number of carbonyl (C=O) groups excluding carboxylic acids is 1. The van der Waals surface area contributed by atoms with Crippen LogP contribution < -0.4 is 10.1 Å². The zero-order valence-corrected chi connectivity index (χ0v) is 21.4. The SMILES string of the molecule is CC(C)(C)c1csc(CN2CCN(CC(=O)Nc3ccc(OC(F)(F)F)cc3)CC2)n1.O=C(O)C(=O)O. The molecule has 1 aliphatic rings. The van der Waals surface area contributed by atoms with E-state index in [9.17, 15) is 18.0 Å². The number of anilines is 1. The third-order valence-corrected chi connectivity index (χ3v) is 5.90. The van der Waals surface area contributed by atoms with Crippen molar-refractivity contribution in [1.29, 1.82) is 0 Å². The molecular formula is C23H29F3N4O6S. The fraction of sp³-hybridized carbons (Fsp3) is 0.478. The van der Waals surface area contributed by atoms with Crippen LogP contribution in [0.2, 0.25) is 0 Å². The van der Waals surface area contributed by atoms with E-state index in [4.69, 9.17) is 24.8 Å². The predicted molar refractivity (Wildman–Crippen MR) is 130 cm³/mol. The quantitative estimate of drug-likeness (QED) is 0.467. The van der Waals surface area contributed by atoms with Crippen LogP contribution in [0.5, 0.6) is 5.75 Å². The molecule has 0 radical (unpaired) electrons. The molecule has 3 N–H and O–H groups in total. The molecule has 10 nitrogen and oxygen atoms in total. The predicted octanol–water partition coefficient (Wildman–Crippen LogP) is 3.25. The van der Waals surface area contributed by atoms with Crippen molar-refractivity contribution in [2.75, 3.05) is 38.0 Å². The van der Waals surface area contributed by atoms with E-state index in [1.54, 1.807) is 11.3 Å². The summed E-state index contributed by atoms with van der Waals surface area (Å²) < 4.78 is 40.4. The van der Waals surface area contributed by atoms with Gasteiger partial charge < -0.3 is 20.3 Å². The van der Waals surface area contributed by atoms with Crippen LogP contribution in [0.1, 0.15) is 31.5 Å². The first-order chi connectivity index (χ1) is 17.1. The monoisotopic (exact) mass is 546 g/mol. The maximum Gasteiger partial charge on any atom is 0.573 e. The molecular weight excluding hydrogens is 517 g/mol. The Hall–Kier alpha value is -3.23. The zero-order valence-electron chi connectivity index (χ0n) is 20.5. The standard InChI is InChI=1S/C21H27F3N4O2S.C2H2O4/c1-20(2,3)17-14-31-19(26-17)13-28-10-8-27(9-11-28)12-18(29)25-15-4-6-16(7-5-15)30-21(22,23)24;3-1(4)2(5)6/h4-7,14H,8-13H2,1-3H3,(H,25,29);(H,3,4)(H,5,6). The number of nitrogens with one attached hydrogen (secondary N) is 1. The summed E-state index contributed by atoms with van der Waals surface area (Å²) in [7, 11) is 0. The summed E-state index contributed by atoms with van der Waals surface area (Å²) in [6, 6.07) is 5.12. The van der Waals surface area contributed by atoms with Crippen LogP contribution in [-0.4, -0.2) is 81.9 Å². The highest BCUT2D eigenvalue weighted by atomic mass is 32.1. The molecule has 1 aromatic heterocycles. The molecule has 0 unspecified atom stereocenters. The fourth-order valence-corrected chi connectivity index (χ4v) is 4.23. The average Bonchev–Trinajstić information content (AvgIpc) is 3.25. The van der Waals surface area contributed by atoms with Gasteiger partial charge in [-0.1, -0.05) is 20.8 Å². The van der Waals surface area contributed by atoms with E-state index in [1.165, 1.54) is 24.3 Å². The van der Waals surface area contributed by atoms with Crippen LogP contribution in [-0.2, 0) is 26.3 Å². The third-order valence-electron chi connectivity index (χ3n) is 5.07. The van der Waals surface area contributed by atoms with Gasteiger partial charge in [-0.15, -0.1) is 24.5 Å². The van der Waals surface area contributed by atoms with Gasteiger partial charge in [-0.2, -0.15) is 0 Å². The highest BCUT2D eigenvalue weighted by Crippen LogP contribution is 2.25. The number of carboxylic acids is 2. The Labute approximate surface area is 215 Å². The van der Waals surface area contributed by atoms with Crippen LogP contribution in [0, 0.1) is 0 Å². The Morgan fingerprint density at radius 2 is 1.54 bits per heavy atom. The Kier molecular flexibility index (Phi) is 10.4. The molecule has 14 heteroatoms. The lowest BCUT2D eigenvalue weighted by atomic mass is 9.93. The zero-order chi connectivity index (χ0) is 27.8. The molecule has 2 heterocycles. The number of amides is 1. The van der Waals surface area contributed by atoms with Crippen molar-refractivity contribution in [2.45, 2.75) is 39.1 Å². The van der Waals surface area contributed by atoms with Crippen LogP contribution in [0.25, 0.3) is 0 Å². The maximum atomic E-state index is 12.3. The Morgan fingerprint density at radius 1 is 1.00 bits per heavy atom. The highest BCUT2D eigenvalue weighted by Gasteiger charge is 2.31. The lowest BCUT2D eigenvalue weighted by Crippen LogP contribution is -2.48. The second kappa shape index (κ2) is 12.8. The van der Waals surface area contributed by atoms with Gasteiger partial charge in [-0.05, 0) is 24.3 Å². The minimum atomic E-state index is -4.73. The molecule has 204 valence electrons. The molecule has 3 rings (SSSR count). The van der Waals surface area contributed by atoms with Crippen LogP contribution >= 0.6 is 11.3 Å². The molecule has 1 saturated heterocycles.